The lowest BCUT2D eigenvalue weighted by atomic mass is 10.1. The van der Waals surface area contributed by atoms with Gasteiger partial charge in [-0.25, -0.2) is 4.39 Å². The van der Waals surface area contributed by atoms with Crippen molar-refractivity contribution in [3.8, 4) is 0 Å². The van der Waals surface area contributed by atoms with Crippen LogP contribution in [-0.2, 0) is 4.79 Å². The van der Waals surface area contributed by atoms with E-state index in [0.717, 1.165) is 12.1 Å². The number of aliphatic carboxylic acids is 1. The van der Waals surface area contributed by atoms with Crippen molar-refractivity contribution in [2.45, 2.75) is 19.4 Å². The number of hydrogen-bond donors (Lipinski definition) is 1. The lowest BCUT2D eigenvalue weighted by Gasteiger charge is -2.25. The average Bonchev–Trinajstić information content (AvgIpc) is 2.77. The van der Waals surface area contributed by atoms with Crippen molar-refractivity contribution in [3.05, 3.63) is 34.6 Å². The zero-order valence-corrected chi connectivity index (χ0v) is 10.8. The molecule has 0 aliphatic carbocycles. The van der Waals surface area contributed by atoms with E-state index in [0.29, 0.717) is 18.0 Å². The number of carboxylic acid groups (broad SMARTS) is 1. The Morgan fingerprint density at radius 3 is 2.89 bits per heavy atom. The molecule has 1 heterocycles. The number of carboxylic acids is 1. The highest BCUT2D eigenvalue weighted by Crippen LogP contribution is 2.31. The minimum atomic E-state index is -0.755. The Hall–Kier alpha value is -1.13. The van der Waals surface area contributed by atoms with Crippen molar-refractivity contribution in [3.63, 3.8) is 0 Å². The molecular formula is C13H15ClFNO2. The van der Waals surface area contributed by atoms with E-state index in [4.69, 9.17) is 16.7 Å². The molecule has 0 bridgehead atoms. The molecule has 1 aliphatic heterocycles. The third-order valence-corrected chi connectivity index (χ3v) is 3.86. The number of halogens is 2. The van der Waals surface area contributed by atoms with Crippen molar-refractivity contribution < 1.29 is 14.3 Å². The first-order valence-electron chi connectivity index (χ1n) is 5.91. The lowest BCUT2D eigenvalue weighted by Crippen LogP contribution is -2.26. The molecule has 2 atom stereocenters. The first-order chi connectivity index (χ1) is 8.49. The van der Waals surface area contributed by atoms with Gasteiger partial charge >= 0.3 is 5.97 Å². The highest BCUT2D eigenvalue weighted by molar-refractivity contribution is 6.31. The Morgan fingerprint density at radius 1 is 1.61 bits per heavy atom. The van der Waals surface area contributed by atoms with Gasteiger partial charge in [0.1, 0.15) is 5.82 Å². The smallest absolute Gasteiger partial charge is 0.307 e. The van der Waals surface area contributed by atoms with Crippen LogP contribution in [0.4, 0.5) is 4.39 Å². The summed E-state index contributed by atoms with van der Waals surface area (Å²) in [6.07, 6.45) is 0.651. The van der Waals surface area contributed by atoms with E-state index in [-0.39, 0.29) is 17.8 Å². The van der Waals surface area contributed by atoms with Crippen LogP contribution in [0, 0.1) is 11.7 Å². The van der Waals surface area contributed by atoms with Gasteiger partial charge in [-0.1, -0.05) is 17.7 Å². The first kappa shape index (κ1) is 13.3. The van der Waals surface area contributed by atoms with Crippen LogP contribution in [0.25, 0.3) is 0 Å². The minimum Gasteiger partial charge on any atom is -0.481 e. The summed E-state index contributed by atoms with van der Waals surface area (Å²) in [4.78, 5) is 13.0. The Balaban J connectivity index is 2.12. The maximum atomic E-state index is 13.0. The first-order valence-corrected chi connectivity index (χ1v) is 6.28. The fraction of sp³-hybridized carbons (Fsp3) is 0.462. The number of likely N-dealkylation sites (tertiary alicyclic amines) is 1. The maximum absolute atomic E-state index is 13.0. The van der Waals surface area contributed by atoms with Gasteiger partial charge in [-0.15, -0.1) is 0 Å². The van der Waals surface area contributed by atoms with Crippen LogP contribution < -0.4 is 0 Å². The molecule has 1 fully saturated rings. The molecule has 0 amide bonds. The molecule has 1 aromatic rings. The summed E-state index contributed by atoms with van der Waals surface area (Å²) >= 11 is 6.02. The molecule has 1 aliphatic rings. The number of nitrogens with zero attached hydrogens (tertiary/aromatic N) is 1. The minimum absolute atomic E-state index is 0.00227. The van der Waals surface area contributed by atoms with Gasteiger partial charge in [-0.05, 0) is 37.6 Å². The van der Waals surface area contributed by atoms with Crippen LogP contribution in [0.3, 0.4) is 0 Å². The van der Waals surface area contributed by atoms with E-state index < -0.39 is 5.97 Å². The van der Waals surface area contributed by atoms with E-state index in [1.807, 2.05) is 6.92 Å². The van der Waals surface area contributed by atoms with Gasteiger partial charge in [-0.3, -0.25) is 9.69 Å². The van der Waals surface area contributed by atoms with Gasteiger partial charge in [0.2, 0.25) is 0 Å². The lowest BCUT2D eigenvalue weighted by molar-refractivity contribution is -0.141. The highest BCUT2D eigenvalue weighted by atomic mass is 35.5. The molecule has 98 valence electrons. The SMILES string of the molecule is CC(c1ccc(F)cc1Cl)N1CCC(C(=O)O)C1. The molecule has 0 radical (unpaired) electrons. The van der Waals surface area contributed by atoms with E-state index in [2.05, 4.69) is 4.90 Å². The van der Waals surface area contributed by atoms with Crippen LogP contribution in [-0.4, -0.2) is 29.1 Å². The van der Waals surface area contributed by atoms with Crippen molar-refractivity contribution in [1.29, 1.82) is 0 Å². The van der Waals surface area contributed by atoms with E-state index in [1.54, 1.807) is 6.07 Å². The predicted molar refractivity (Wildman–Crippen MR) is 67.1 cm³/mol. The van der Waals surface area contributed by atoms with Crippen molar-refractivity contribution in [2.24, 2.45) is 5.92 Å². The predicted octanol–water partition coefficient (Wildman–Crippen LogP) is 2.95. The normalized spacial score (nSPS) is 22.1. The Labute approximate surface area is 110 Å². The highest BCUT2D eigenvalue weighted by Gasteiger charge is 2.31. The second-order valence-electron chi connectivity index (χ2n) is 4.66. The zero-order chi connectivity index (χ0) is 13.3. The third-order valence-electron chi connectivity index (χ3n) is 3.53. The molecule has 18 heavy (non-hydrogen) atoms. The summed E-state index contributed by atoms with van der Waals surface area (Å²) in [7, 11) is 0. The Bertz CT molecular complexity index is 466. The van der Waals surface area contributed by atoms with Gasteiger partial charge in [0.15, 0.2) is 0 Å². The number of rotatable bonds is 3. The van der Waals surface area contributed by atoms with Gasteiger partial charge in [-0.2, -0.15) is 0 Å². The summed E-state index contributed by atoms with van der Waals surface area (Å²) in [5.41, 5.74) is 0.837. The zero-order valence-electron chi connectivity index (χ0n) is 10.1. The largest absolute Gasteiger partial charge is 0.481 e. The van der Waals surface area contributed by atoms with Gasteiger partial charge in [0.05, 0.1) is 5.92 Å². The summed E-state index contributed by atoms with van der Waals surface area (Å²) in [5, 5.41) is 9.36. The molecule has 2 unspecified atom stereocenters. The molecule has 2 rings (SSSR count). The summed E-state index contributed by atoms with van der Waals surface area (Å²) < 4.78 is 13.0. The number of benzene rings is 1. The molecule has 1 saturated heterocycles. The molecule has 0 aromatic heterocycles. The molecule has 1 N–H and O–H groups in total. The summed E-state index contributed by atoms with van der Waals surface area (Å²) in [5.74, 6) is -1.43. The standard InChI is InChI=1S/C13H15ClFNO2/c1-8(11-3-2-10(15)6-12(11)14)16-5-4-9(7-16)13(17)18/h2-3,6,8-9H,4-5,7H2,1H3,(H,17,18). The quantitative estimate of drug-likeness (QED) is 0.919. The van der Waals surface area contributed by atoms with E-state index in [1.165, 1.54) is 12.1 Å². The Morgan fingerprint density at radius 2 is 2.33 bits per heavy atom. The second kappa shape index (κ2) is 5.24. The van der Waals surface area contributed by atoms with Crippen LogP contribution in [0.5, 0.6) is 0 Å². The van der Waals surface area contributed by atoms with Crippen LogP contribution in [0.2, 0.25) is 5.02 Å². The molecule has 5 heteroatoms. The van der Waals surface area contributed by atoms with Gasteiger partial charge in [0, 0.05) is 17.6 Å². The van der Waals surface area contributed by atoms with Crippen molar-refractivity contribution in [2.75, 3.05) is 13.1 Å². The van der Waals surface area contributed by atoms with Crippen molar-refractivity contribution in [1.82, 2.24) is 4.90 Å². The summed E-state index contributed by atoms with van der Waals surface area (Å²) in [6, 6.07) is 4.33. The molecule has 0 spiro atoms. The molecule has 0 saturated carbocycles. The van der Waals surface area contributed by atoms with E-state index in [9.17, 15) is 9.18 Å². The van der Waals surface area contributed by atoms with Crippen LogP contribution >= 0.6 is 11.6 Å². The summed E-state index contributed by atoms with van der Waals surface area (Å²) in [6.45, 7) is 3.21. The van der Waals surface area contributed by atoms with Crippen LogP contribution in [0.15, 0.2) is 18.2 Å². The average molecular weight is 272 g/mol. The van der Waals surface area contributed by atoms with Crippen LogP contribution in [0.1, 0.15) is 24.9 Å². The maximum Gasteiger partial charge on any atom is 0.307 e. The van der Waals surface area contributed by atoms with Gasteiger partial charge in [0.25, 0.3) is 0 Å². The molecule has 1 aromatic carbocycles. The van der Waals surface area contributed by atoms with Crippen molar-refractivity contribution >= 4 is 17.6 Å². The third kappa shape index (κ3) is 2.65. The van der Waals surface area contributed by atoms with E-state index >= 15 is 0 Å². The topological polar surface area (TPSA) is 40.5 Å². The fourth-order valence-corrected chi connectivity index (χ4v) is 2.70. The Kier molecular flexibility index (Phi) is 3.88. The molecular weight excluding hydrogens is 257 g/mol. The van der Waals surface area contributed by atoms with Gasteiger partial charge < -0.3 is 5.11 Å². The number of hydrogen-bond acceptors (Lipinski definition) is 2. The monoisotopic (exact) mass is 271 g/mol. The number of carbonyl (C=O) groups is 1. The fourth-order valence-electron chi connectivity index (χ4n) is 2.38. The molecule has 3 nitrogen and oxygen atoms in total. The second-order valence-corrected chi connectivity index (χ2v) is 5.07.